The van der Waals surface area contributed by atoms with Crippen LogP contribution >= 0.6 is 27.5 Å². The molecule has 2 aromatic rings. The van der Waals surface area contributed by atoms with Gasteiger partial charge in [0, 0.05) is 17.6 Å². The minimum absolute atomic E-state index is 0.00479. The van der Waals surface area contributed by atoms with Crippen LogP contribution in [0.15, 0.2) is 22.8 Å². The van der Waals surface area contributed by atoms with Gasteiger partial charge in [-0.25, -0.2) is 4.79 Å². The summed E-state index contributed by atoms with van der Waals surface area (Å²) < 4.78 is 11.9. The lowest BCUT2D eigenvalue weighted by atomic mass is 9.88. The van der Waals surface area contributed by atoms with Crippen LogP contribution < -0.4 is 10.1 Å². The fraction of sp³-hybridized carbons (Fsp3) is 0.474. The van der Waals surface area contributed by atoms with E-state index in [-0.39, 0.29) is 10.8 Å². The Bertz CT molecular complexity index is 1020. The molecule has 11 nitrogen and oxygen atoms in total. The third kappa shape index (κ3) is 4.57. The van der Waals surface area contributed by atoms with Crippen molar-refractivity contribution in [2.24, 2.45) is 0 Å². The van der Waals surface area contributed by atoms with Crippen LogP contribution in [0.25, 0.3) is 10.9 Å². The number of aliphatic carboxylic acids is 1. The lowest BCUT2D eigenvalue weighted by Crippen LogP contribution is -2.68. The first kappa shape index (κ1) is 24.7. The average molecular weight is 538 g/mol. The quantitative estimate of drug-likeness (QED) is 0.258. The van der Waals surface area contributed by atoms with E-state index >= 15 is 0 Å². The average Bonchev–Trinajstić information content (AvgIpc) is 3.14. The lowest BCUT2D eigenvalue weighted by molar-refractivity contribution is -0.284. The topological polar surface area (TPSA) is 182 Å². The number of amides is 1. The van der Waals surface area contributed by atoms with Gasteiger partial charge in [0.15, 0.2) is 5.75 Å². The highest BCUT2D eigenvalue weighted by Crippen LogP contribution is 2.41. The number of H-pyrrole nitrogens is 1. The van der Waals surface area contributed by atoms with Crippen molar-refractivity contribution in [1.82, 2.24) is 10.3 Å². The number of fused-ring (bicyclic) bond motifs is 1. The first-order chi connectivity index (χ1) is 15.0. The summed E-state index contributed by atoms with van der Waals surface area (Å²) in [5, 5.41) is 53.2. The molecule has 1 fully saturated rings. The first-order valence-corrected chi connectivity index (χ1v) is 10.6. The Labute approximate surface area is 195 Å². The van der Waals surface area contributed by atoms with Crippen LogP contribution in [0.5, 0.6) is 5.75 Å². The maximum atomic E-state index is 12.3. The number of carbonyl (C=O) groups excluding carboxylic acids is 1. The van der Waals surface area contributed by atoms with Gasteiger partial charge < -0.3 is 45.3 Å². The van der Waals surface area contributed by atoms with Crippen molar-refractivity contribution in [2.45, 2.75) is 49.6 Å². The normalized spacial score (nSPS) is 27.7. The Morgan fingerprint density at radius 1 is 1.44 bits per heavy atom. The molecule has 0 spiro atoms. The summed E-state index contributed by atoms with van der Waals surface area (Å²) in [7, 11) is 0. The number of aliphatic hydroxyl groups is 4. The maximum absolute atomic E-state index is 12.3. The summed E-state index contributed by atoms with van der Waals surface area (Å²) in [6.45, 7) is 0.275. The second-order valence-electron chi connectivity index (χ2n) is 7.42. The molecule has 0 bridgehead atoms. The van der Waals surface area contributed by atoms with E-state index < -0.39 is 61.1 Å². The molecule has 1 amide bonds. The Morgan fingerprint density at radius 3 is 2.72 bits per heavy atom. The SMILES string of the molecule is CC(=O)NC1C(O)CC(Oc2c[nH]c3ccc(Br)c(Cl)c23)(C(=O)O)OC1[C@H](O)[C@H](O)CO. The number of carboxylic acid groups (broad SMARTS) is 1. The highest BCUT2D eigenvalue weighted by atomic mass is 79.9. The molecule has 6 atom stereocenters. The number of hydrogen-bond acceptors (Lipinski definition) is 8. The molecule has 176 valence electrons. The number of nitrogens with one attached hydrogen (secondary N) is 2. The monoisotopic (exact) mass is 536 g/mol. The summed E-state index contributed by atoms with van der Waals surface area (Å²) in [6, 6.07) is 2.07. The molecule has 3 rings (SSSR count). The highest BCUT2D eigenvalue weighted by molar-refractivity contribution is 9.10. The molecule has 1 aromatic carbocycles. The van der Waals surface area contributed by atoms with Crippen molar-refractivity contribution in [2.75, 3.05) is 6.61 Å². The van der Waals surface area contributed by atoms with Crippen molar-refractivity contribution in [3.05, 3.63) is 27.8 Å². The molecule has 1 aliphatic rings. The molecule has 13 heteroatoms. The zero-order valence-electron chi connectivity index (χ0n) is 16.7. The summed E-state index contributed by atoms with van der Waals surface area (Å²) in [5.74, 6) is -4.75. The van der Waals surface area contributed by atoms with Gasteiger partial charge in [-0.3, -0.25) is 4.79 Å². The van der Waals surface area contributed by atoms with Gasteiger partial charge in [-0.05, 0) is 28.1 Å². The Morgan fingerprint density at radius 2 is 2.12 bits per heavy atom. The number of halogens is 2. The lowest BCUT2D eigenvalue weighted by Gasteiger charge is -2.46. The standard InChI is InChI=1S/C19H22BrClN2O9/c1-7(25)23-15-10(26)4-19(18(29)30,32-17(15)16(28)11(27)6-24)31-12-5-22-9-3-2-8(20)14(21)13(9)12/h2-3,5,10-11,15-17,22,24,26-28H,4,6H2,1H3,(H,23,25)(H,29,30)/t10?,11-,15?,16-,17?,19?/m1/s1. The minimum Gasteiger partial charge on any atom is -0.476 e. The fourth-order valence-electron chi connectivity index (χ4n) is 3.62. The third-order valence-electron chi connectivity index (χ3n) is 5.16. The van der Waals surface area contributed by atoms with Gasteiger partial charge in [-0.1, -0.05) is 11.6 Å². The number of aromatic nitrogens is 1. The van der Waals surface area contributed by atoms with Gasteiger partial charge in [0.25, 0.3) is 0 Å². The fourth-order valence-corrected chi connectivity index (χ4v) is 4.21. The van der Waals surface area contributed by atoms with Gasteiger partial charge in [0.05, 0.1) is 41.1 Å². The zero-order valence-corrected chi connectivity index (χ0v) is 19.0. The molecular formula is C19H22BrClN2O9. The van der Waals surface area contributed by atoms with E-state index in [1.165, 1.54) is 6.20 Å². The number of carbonyl (C=O) groups is 2. The highest BCUT2D eigenvalue weighted by Gasteiger charge is 2.57. The summed E-state index contributed by atoms with van der Waals surface area (Å²) in [4.78, 5) is 26.8. The van der Waals surface area contributed by atoms with Crippen LogP contribution in [-0.2, 0) is 14.3 Å². The summed E-state index contributed by atoms with van der Waals surface area (Å²) >= 11 is 9.61. The summed E-state index contributed by atoms with van der Waals surface area (Å²) in [6.07, 6.45) is -6.09. The van der Waals surface area contributed by atoms with Gasteiger partial charge in [-0.15, -0.1) is 0 Å². The first-order valence-electron chi connectivity index (χ1n) is 9.48. The smallest absolute Gasteiger partial charge is 0.377 e. The van der Waals surface area contributed by atoms with Crippen LogP contribution in [0, 0.1) is 0 Å². The molecular weight excluding hydrogens is 516 g/mol. The molecule has 1 aromatic heterocycles. The zero-order chi connectivity index (χ0) is 23.8. The molecule has 4 unspecified atom stereocenters. The largest absolute Gasteiger partial charge is 0.476 e. The molecule has 32 heavy (non-hydrogen) atoms. The Hall–Kier alpha value is -1.93. The van der Waals surface area contributed by atoms with Gasteiger partial charge in [0.2, 0.25) is 5.91 Å². The van der Waals surface area contributed by atoms with E-state index in [0.717, 1.165) is 6.92 Å². The van der Waals surface area contributed by atoms with Crippen molar-refractivity contribution in [3.8, 4) is 5.75 Å². The number of aromatic amines is 1. The number of rotatable bonds is 7. The number of hydrogen-bond donors (Lipinski definition) is 7. The van der Waals surface area contributed by atoms with Crippen molar-refractivity contribution < 1.29 is 44.6 Å². The number of ether oxygens (including phenoxy) is 2. The molecule has 0 saturated carbocycles. The molecule has 0 radical (unpaired) electrons. The van der Waals surface area contributed by atoms with E-state index in [1.54, 1.807) is 12.1 Å². The van der Waals surface area contributed by atoms with E-state index in [4.69, 9.17) is 21.1 Å². The van der Waals surface area contributed by atoms with Crippen molar-refractivity contribution >= 4 is 50.3 Å². The minimum atomic E-state index is -2.52. The number of carboxylic acids is 1. The number of aliphatic hydroxyl groups excluding tert-OH is 4. The predicted octanol–water partition coefficient (Wildman–Crippen LogP) is 0.112. The second-order valence-corrected chi connectivity index (χ2v) is 8.65. The van der Waals surface area contributed by atoms with Crippen LogP contribution in [-0.4, -0.2) is 85.2 Å². The van der Waals surface area contributed by atoms with E-state index in [1.807, 2.05) is 0 Å². The van der Waals surface area contributed by atoms with Gasteiger partial charge in [0.1, 0.15) is 18.3 Å². The van der Waals surface area contributed by atoms with Crippen molar-refractivity contribution in [1.29, 1.82) is 0 Å². The van der Waals surface area contributed by atoms with E-state index in [2.05, 4.69) is 26.2 Å². The molecule has 1 aliphatic heterocycles. The van der Waals surface area contributed by atoms with Crippen LogP contribution in [0.4, 0.5) is 0 Å². The van der Waals surface area contributed by atoms with Gasteiger partial charge >= 0.3 is 11.8 Å². The van der Waals surface area contributed by atoms with E-state index in [0.29, 0.717) is 15.4 Å². The van der Waals surface area contributed by atoms with Crippen LogP contribution in [0.1, 0.15) is 13.3 Å². The van der Waals surface area contributed by atoms with E-state index in [9.17, 15) is 35.1 Å². The summed E-state index contributed by atoms with van der Waals surface area (Å²) in [5.41, 5.74) is 0.536. The Balaban J connectivity index is 2.05. The second kappa shape index (κ2) is 9.51. The Kier molecular flexibility index (Phi) is 7.34. The number of benzene rings is 1. The molecule has 7 N–H and O–H groups in total. The van der Waals surface area contributed by atoms with Crippen LogP contribution in [0.2, 0.25) is 5.02 Å². The molecule has 0 aliphatic carbocycles. The van der Waals surface area contributed by atoms with Gasteiger partial charge in [-0.2, -0.15) is 0 Å². The van der Waals surface area contributed by atoms with Crippen LogP contribution in [0.3, 0.4) is 0 Å². The maximum Gasteiger partial charge on any atom is 0.377 e. The van der Waals surface area contributed by atoms with Crippen molar-refractivity contribution in [3.63, 3.8) is 0 Å². The molecule has 2 heterocycles. The third-order valence-corrected chi connectivity index (χ3v) is 6.44. The molecule has 1 saturated heterocycles. The predicted molar refractivity (Wildman–Crippen MR) is 114 cm³/mol.